The Morgan fingerprint density at radius 1 is 0.435 bits per heavy atom. The van der Waals surface area contributed by atoms with Gasteiger partial charge >= 0.3 is 0 Å². The van der Waals surface area contributed by atoms with E-state index in [0.717, 1.165) is 83.8 Å². The molecule has 0 bridgehead atoms. The maximum absolute atomic E-state index is 5.49. The fourth-order valence-electron chi connectivity index (χ4n) is 9.42. The molecule has 0 spiro atoms. The van der Waals surface area contributed by atoms with Gasteiger partial charge in [-0.05, 0) is 59.7 Å². The number of hydrogen-bond donors (Lipinski definition) is 0. The van der Waals surface area contributed by atoms with Gasteiger partial charge in [0.2, 0.25) is 0 Å². The van der Waals surface area contributed by atoms with Gasteiger partial charge in [-0.2, -0.15) is 5.10 Å². The zero-order valence-corrected chi connectivity index (χ0v) is 33.8. The first-order valence-electron chi connectivity index (χ1n) is 21.2. The Kier molecular flexibility index (Phi) is 8.56. The number of aromatic nitrogens is 5. The van der Waals surface area contributed by atoms with E-state index >= 15 is 0 Å². The summed E-state index contributed by atoms with van der Waals surface area (Å²) in [6, 6.07) is 68.4. The van der Waals surface area contributed by atoms with Crippen molar-refractivity contribution in [3.05, 3.63) is 236 Å². The van der Waals surface area contributed by atoms with Crippen LogP contribution in [0.5, 0.6) is 0 Å². The third-order valence-corrected chi connectivity index (χ3v) is 12.3. The van der Waals surface area contributed by atoms with Crippen LogP contribution in [0.1, 0.15) is 17.2 Å². The summed E-state index contributed by atoms with van der Waals surface area (Å²) < 4.78 is 4.54. The summed E-state index contributed by atoms with van der Waals surface area (Å²) in [6.45, 7) is 0. The van der Waals surface area contributed by atoms with Crippen LogP contribution in [0.3, 0.4) is 0 Å². The summed E-state index contributed by atoms with van der Waals surface area (Å²) in [4.78, 5) is 10.7. The van der Waals surface area contributed by atoms with E-state index in [9.17, 15) is 0 Å². The molecule has 1 aliphatic heterocycles. The Morgan fingerprint density at radius 2 is 1.05 bits per heavy atom. The molecule has 7 aromatic carbocycles. The first kappa shape index (κ1) is 35.8. The lowest BCUT2D eigenvalue weighted by Gasteiger charge is -2.30. The predicted molar refractivity (Wildman–Crippen MR) is 254 cm³/mol. The van der Waals surface area contributed by atoms with Crippen LogP contribution < -0.4 is 0 Å². The number of nitrogens with zero attached hydrogens (tertiary/aromatic N) is 5. The molecule has 0 saturated heterocycles. The molecule has 1 aliphatic carbocycles. The monoisotopic (exact) mass is 793 g/mol. The standard InChI is InChI=1S/C57H39N5/c1-5-18-38(19-6-1)49-37-50(59-57(58-49)44-32-33-52-48(35-44)47-30-15-16-31-51(47)61(52)45-27-11-4-12-28-45)42-25-17-26-43(34-42)54-55(40-22-9-3-10-23-40)60-62-53(39-20-7-2-8-21-39)36-41-24-13-14-29-46(41)56(54)62/h1-37,41,46H. The maximum atomic E-state index is 5.49. The van der Waals surface area contributed by atoms with Crippen LogP contribution in [0.15, 0.2) is 225 Å². The van der Waals surface area contributed by atoms with Crippen LogP contribution in [0.25, 0.3) is 89.5 Å². The molecule has 0 fully saturated rings. The van der Waals surface area contributed by atoms with E-state index < -0.39 is 0 Å². The molecule has 2 unspecified atom stereocenters. The molecule has 2 atom stereocenters. The Bertz CT molecular complexity index is 3390. The Morgan fingerprint density at radius 3 is 1.82 bits per heavy atom. The van der Waals surface area contributed by atoms with Gasteiger partial charge in [0.1, 0.15) is 5.69 Å². The lowest BCUT2D eigenvalue weighted by atomic mass is 9.79. The second-order valence-corrected chi connectivity index (χ2v) is 16.0. The van der Waals surface area contributed by atoms with Gasteiger partial charge in [-0.3, -0.25) is 0 Å². The quantitative estimate of drug-likeness (QED) is 0.161. The van der Waals surface area contributed by atoms with Crippen LogP contribution in [0.4, 0.5) is 0 Å². The molecule has 62 heavy (non-hydrogen) atoms. The lowest BCUT2D eigenvalue weighted by molar-refractivity contribution is 0.624. The van der Waals surface area contributed by atoms with E-state index in [0.29, 0.717) is 5.82 Å². The summed E-state index contributed by atoms with van der Waals surface area (Å²) in [5.74, 6) is 0.994. The van der Waals surface area contributed by atoms with Gasteiger partial charge in [-0.25, -0.2) is 14.6 Å². The average Bonchev–Trinajstić information content (AvgIpc) is 3.92. The highest BCUT2D eigenvalue weighted by Gasteiger charge is 2.35. The Hall–Kier alpha value is -8.15. The summed E-state index contributed by atoms with van der Waals surface area (Å²) >= 11 is 0. The van der Waals surface area contributed by atoms with Crippen molar-refractivity contribution in [3.8, 4) is 62.0 Å². The second kappa shape index (κ2) is 14.8. The van der Waals surface area contributed by atoms with Gasteiger partial charge in [-0.1, -0.05) is 176 Å². The summed E-state index contributed by atoms with van der Waals surface area (Å²) in [6.07, 6.45) is 11.4. The van der Waals surface area contributed by atoms with E-state index in [2.05, 4.69) is 228 Å². The van der Waals surface area contributed by atoms with Gasteiger partial charge < -0.3 is 4.57 Å². The van der Waals surface area contributed by atoms with E-state index in [4.69, 9.17) is 15.1 Å². The number of hydrogen-bond acceptors (Lipinski definition) is 3. The number of benzene rings is 7. The molecule has 4 heterocycles. The molecular formula is C57H39N5. The maximum Gasteiger partial charge on any atom is 0.160 e. The van der Waals surface area contributed by atoms with E-state index in [1.54, 1.807) is 0 Å². The van der Waals surface area contributed by atoms with Crippen LogP contribution in [0, 0.1) is 5.92 Å². The minimum atomic E-state index is 0.120. The highest BCUT2D eigenvalue weighted by molar-refractivity contribution is 6.10. The summed E-state index contributed by atoms with van der Waals surface area (Å²) in [5, 5.41) is 7.84. The largest absolute Gasteiger partial charge is 0.309 e. The van der Waals surface area contributed by atoms with Crippen molar-refractivity contribution < 1.29 is 0 Å². The third kappa shape index (κ3) is 6.05. The van der Waals surface area contributed by atoms with Gasteiger partial charge in [0, 0.05) is 56.1 Å². The molecular weight excluding hydrogens is 755 g/mol. The number of fused-ring (bicyclic) bond motifs is 6. The fourth-order valence-corrected chi connectivity index (χ4v) is 9.42. The second-order valence-electron chi connectivity index (χ2n) is 16.0. The van der Waals surface area contributed by atoms with Crippen molar-refractivity contribution in [1.29, 1.82) is 0 Å². The third-order valence-electron chi connectivity index (χ3n) is 12.3. The van der Waals surface area contributed by atoms with Crippen LogP contribution in [-0.2, 0) is 0 Å². The van der Waals surface area contributed by atoms with Crippen molar-refractivity contribution in [2.75, 3.05) is 0 Å². The van der Waals surface area contributed by atoms with Crippen molar-refractivity contribution in [2.45, 2.75) is 5.92 Å². The molecule has 0 saturated carbocycles. The highest BCUT2D eigenvalue weighted by Crippen LogP contribution is 2.48. The Balaban J connectivity index is 1.05. The van der Waals surface area contributed by atoms with Crippen LogP contribution in [0.2, 0.25) is 0 Å². The van der Waals surface area contributed by atoms with Crippen molar-refractivity contribution >= 4 is 27.5 Å². The van der Waals surface area contributed by atoms with Crippen LogP contribution >= 0.6 is 0 Å². The fraction of sp³-hybridized carbons (Fsp3) is 0.0351. The minimum absolute atomic E-state index is 0.120. The number of para-hydroxylation sites is 2. The number of allylic oxidation sites excluding steroid dienone is 5. The molecule has 292 valence electrons. The molecule has 5 heteroatoms. The van der Waals surface area contributed by atoms with Crippen molar-refractivity contribution in [1.82, 2.24) is 24.3 Å². The first-order valence-corrected chi connectivity index (χ1v) is 21.2. The van der Waals surface area contributed by atoms with Gasteiger partial charge in [-0.15, -0.1) is 0 Å². The smallest absolute Gasteiger partial charge is 0.160 e. The molecule has 10 aromatic rings. The Labute approximate surface area is 359 Å². The van der Waals surface area contributed by atoms with Gasteiger partial charge in [0.25, 0.3) is 0 Å². The average molecular weight is 794 g/mol. The topological polar surface area (TPSA) is 48.5 Å². The SMILES string of the molecule is C1=CC2C=C(c3ccccc3)n3nc(-c4ccccc4)c(-c4cccc(-c5cc(-c6ccccc6)nc(-c6ccc7c(c6)c6ccccc6n7-c6ccccc6)n5)c4)c3C2C=C1. The molecule has 2 aliphatic rings. The molecule has 0 N–H and O–H groups in total. The predicted octanol–water partition coefficient (Wildman–Crippen LogP) is 13.8. The first-order chi connectivity index (χ1) is 30.7. The van der Waals surface area contributed by atoms with E-state index in [-0.39, 0.29) is 11.8 Å². The molecule has 0 amide bonds. The van der Waals surface area contributed by atoms with Crippen LogP contribution in [-0.4, -0.2) is 24.3 Å². The normalized spacial score (nSPS) is 15.4. The molecule has 12 rings (SSSR count). The molecule has 5 nitrogen and oxygen atoms in total. The zero-order valence-electron chi connectivity index (χ0n) is 33.8. The summed E-state index contributed by atoms with van der Waals surface area (Å²) in [5.41, 5.74) is 15.8. The molecule has 0 radical (unpaired) electrons. The van der Waals surface area contributed by atoms with Crippen molar-refractivity contribution in [3.63, 3.8) is 0 Å². The van der Waals surface area contributed by atoms with Crippen molar-refractivity contribution in [2.24, 2.45) is 5.92 Å². The van der Waals surface area contributed by atoms with Gasteiger partial charge in [0.05, 0.1) is 33.8 Å². The molecule has 3 aromatic heterocycles. The summed E-state index contributed by atoms with van der Waals surface area (Å²) in [7, 11) is 0. The highest BCUT2D eigenvalue weighted by atomic mass is 15.3. The minimum Gasteiger partial charge on any atom is -0.309 e. The number of rotatable bonds is 7. The van der Waals surface area contributed by atoms with E-state index in [1.807, 2.05) is 6.07 Å². The lowest BCUT2D eigenvalue weighted by Crippen LogP contribution is -2.21. The zero-order chi connectivity index (χ0) is 41.0. The van der Waals surface area contributed by atoms with Gasteiger partial charge in [0.15, 0.2) is 5.82 Å². The van der Waals surface area contributed by atoms with E-state index in [1.165, 1.54) is 11.1 Å².